The Hall–Kier alpha value is -2.70. The Bertz CT molecular complexity index is 710. The molecule has 166 valence electrons. The van der Waals surface area contributed by atoms with E-state index in [1.165, 1.54) is 18.9 Å². The van der Waals surface area contributed by atoms with Crippen LogP contribution in [0.1, 0.15) is 70.4 Å². The summed E-state index contributed by atoms with van der Waals surface area (Å²) in [5, 5.41) is 11.5. The minimum Gasteiger partial charge on any atom is -0.465 e. The van der Waals surface area contributed by atoms with Crippen LogP contribution in [-0.4, -0.2) is 30.1 Å². The maximum absolute atomic E-state index is 12.1. The molecule has 0 aliphatic heterocycles. The molecule has 1 rings (SSSR count). The fourth-order valence-electron chi connectivity index (χ4n) is 3.07. The highest BCUT2D eigenvalue weighted by molar-refractivity contribution is 5.94. The van der Waals surface area contributed by atoms with E-state index >= 15 is 0 Å². The monoisotopic (exact) mass is 419 g/mol. The molecule has 7 heteroatoms. The van der Waals surface area contributed by atoms with Gasteiger partial charge in [-0.2, -0.15) is 0 Å². The molecule has 1 aromatic carbocycles. The summed E-state index contributed by atoms with van der Waals surface area (Å²) in [7, 11) is 0. The van der Waals surface area contributed by atoms with Gasteiger partial charge in [0.1, 0.15) is 0 Å². The highest BCUT2D eigenvalue weighted by Crippen LogP contribution is 2.24. The second-order valence-corrected chi connectivity index (χ2v) is 7.00. The van der Waals surface area contributed by atoms with Crippen molar-refractivity contribution < 1.29 is 24.0 Å². The molecular weight excluding hydrogens is 386 g/mol. The number of nitro groups is 1. The fraction of sp³-hybridized carbons (Fsp3) is 0.565. The van der Waals surface area contributed by atoms with Crippen molar-refractivity contribution in [1.82, 2.24) is 0 Å². The van der Waals surface area contributed by atoms with Crippen LogP contribution < -0.4 is 0 Å². The minimum absolute atomic E-state index is 0.0149. The van der Waals surface area contributed by atoms with Crippen LogP contribution >= 0.6 is 0 Å². The van der Waals surface area contributed by atoms with Crippen molar-refractivity contribution in [3.05, 3.63) is 45.5 Å². The standard InChI is InChI=1S/C23H33NO6/c1-4-7-8-9-10-11-12-19-15-13-18(17-21(19)24(27)28)14-16-20(22(25)29-5-2)23(26)30-6-3/h11-13,15,17,20H,4-10,14,16H2,1-3H3/b12-11+. The highest BCUT2D eigenvalue weighted by atomic mass is 16.6. The van der Waals surface area contributed by atoms with E-state index < -0.39 is 22.8 Å². The van der Waals surface area contributed by atoms with Gasteiger partial charge >= 0.3 is 11.9 Å². The molecule has 0 aliphatic carbocycles. The van der Waals surface area contributed by atoms with E-state index in [1.807, 2.05) is 6.08 Å². The van der Waals surface area contributed by atoms with Gasteiger partial charge in [-0.05, 0) is 51.2 Å². The van der Waals surface area contributed by atoms with E-state index in [-0.39, 0.29) is 25.3 Å². The van der Waals surface area contributed by atoms with Crippen LogP contribution in [-0.2, 0) is 25.5 Å². The normalized spacial score (nSPS) is 11.1. The third-order valence-corrected chi connectivity index (χ3v) is 4.68. The summed E-state index contributed by atoms with van der Waals surface area (Å²) in [6, 6.07) is 5.00. The van der Waals surface area contributed by atoms with Gasteiger partial charge in [0.25, 0.3) is 5.69 Å². The second-order valence-electron chi connectivity index (χ2n) is 7.00. The van der Waals surface area contributed by atoms with Gasteiger partial charge in [0.05, 0.1) is 23.7 Å². The molecule has 0 aromatic heterocycles. The van der Waals surface area contributed by atoms with Crippen LogP contribution in [0.15, 0.2) is 24.3 Å². The molecule has 7 nitrogen and oxygen atoms in total. The number of hydrogen-bond acceptors (Lipinski definition) is 6. The summed E-state index contributed by atoms with van der Waals surface area (Å²) in [5.74, 6) is -2.30. The average molecular weight is 420 g/mol. The Morgan fingerprint density at radius 2 is 1.73 bits per heavy atom. The summed E-state index contributed by atoms with van der Waals surface area (Å²) < 4.78 is 9.93. The van der Waals surface area contributed by atoms with Crippen molar-refractivity contribution >= 4 is 23.7 Å². The van der Waals surface area contributed by atoms with E-state index in [4.69, 9.17) is 9.47 Å². The lowest BCUT2D eigenvalue weighted by atomic mass is 9.98. The Kier molecular flexibility index (Phi) is 12.1. The van der Waals surface area contributed by atoms with Crippen LogP contribution in [0.3, 0.4) is 0 Å². The largest absolute Gasteiger partial charge is 0.465 e. The smallest absolute Gasteiger partial charge is 0.320 e. The van der Waals surface area contributed by atoms with Gasteiger partial charge in [-0.1, -0.05) is 44.4 Å². The number of ether oxygens (including phenoxy) is 2. The maximum atomic E-state index is 12.1. The Morgan fingerprint density at radius 3 is 2.30 bits per heavy atom. The molecule has 0 saturated carbocycles. The van der Waals surface area contributed by atoms with E-state index in [0.717, 1.165) is 19.3 Å². The molecule has 0 unspecified atom stereocenters. The highest BCUT2D eigenvalue weighted by Gasteiger charge is 2.29. The third kappa shape index (κ3) is 8.76. The molecule has 0 aliphatic rings. The summed E-state index contributed by atoms with van der Waals surface area (Å²) in [4.78, 5) is 35.3. The number of benzene rings is 1. The average Bonchev–Trinajstić information content (AvgIpc) is 2.71. The lowest BCUT2D eigenvalue weighted by molar-refractivity contribution is -0.385. The van der Waals surface area contributed by atoms with Crippen LogP contribution in [0.25, 0.3) is 6.08 Å². The van der Waals surface area contributed by atoms with Crippen molar-refractivity contribution in [2.24, 2.45) is 5.92 Å². The molecule has 0 fully saturated rings. The minimum atomic E-state index is -1.04. The molecular formula is C23H33NO6. The van der Waals surface area contributed by atoms with Gasteiger partial charge in [-0.3, -0.25) is 19.7 Å². The Labute approximate surface area is 178 Å². The second kappa shape index (κ2) is 14.3. The summed E-state index contributed by atoms with van der Waals surface area (Å²) in [5.41, 5.74) is 1.24. The van der Waals surface area contributed by atoms with E-state index in [2.05, 4.69) is 6.92 Å². The molecule has 0 atom stereocenters. The molecule has 0 radical (unpaired) electrons. The maximum Gasteiger partial charge on any atom is 0.320 e. The number of nitro benzene ring substituents is 1. The van der Waals surface area contributed by atoms with Crippen LogP contribution in [0, 0.1) is 16.0 Å². The van der Waals surface area contributed by atoms with Crippen LogP contribution in [0.5, 0.6) is 0 Å². The van der Waals surface area contributed by atoms with Crippen molar-refractivity contribution in [3.8, 4) is 0 Å². The fourth-order valence-corrected chi connectivity index (χ4v) is 3.07. The quantitative estimate of drug-likeness (QED) is 0.134. The molecule has 0 spiro atoms. The molecule has 30 heavy (non-hydrogen) atoms. The molecule has 1 aromatic rings. The first-order chi connectivity index (χ1) is 14.4. The third-order valence-electron chi connectivity index (χ3n) is 4.68. The lowest BCUT2D eigenvalue weighted by Crippen LogP contribution is -2.28. The number of rotatable bonds is 14. The first kappa shape index (κ1) is 25.3. The molecule has 0 heterocycles. The zero-order valence-corrected chi connectivity index (χ0v) is 18.2. The topological polar surface area (TPSA) is 95.7 Å². The molecule has 0 N–H and O–H groups in total. The van der Waals surface area contributed by atoms with Gasteiger partial charge in [0, 0.05) is 6.07 Å². The number of allylic oxidation sites excluding steroid dienone is 1. The number of unbranched alkanes of at least 4 members (excludes halogenated alkanes) is 4. The zero-order chi connectivity index (χ0) is 22.4. The first-order valence-electron chi connectivity index (χ1n) is 10.7. The number of carbonyl (C=O) groups excluding carboxylic acids is 2. The Balaban J connectivity index is 2.85. The van der Waals surface area contributed by atoms with E-state index in [1.54, 1.807) is 32.1 Å². The summed E-state index contributed by atoms with van der Waals surface area (Å²) in [6.07, 6.45) is 9.72. The summed E-state index contributed by atoms with van der Waals surface area (Å²) in [6.45, 7) is 5.82. The first-order valence-corrected chi connectivity index (χ1v) is 10.7. The number of carbonyl (C=O) groups is 2. The number of aryl methyl sites for hydroxylation is 1. The molecule has 0 saturated heterocycles. The van der Waals surface area contributed by atoms with E-state index in [0.29, 0.717) is 17.5 Å². The molecule has 0 amide bonds. The van der Waals surface area contributed by atoms with Crippen molar-refractivity contribution in [1.29, 1.82) is 0 Å². The van der Waals surface area contributed by atoms with Crippen LogP contribution in [0.2, 0.25) is 0 Å². The number of esters is 2. The zero-order valence-electron chi connectivity index (χ0n) is 18.2. The SMILES string of the molecule is CCCCCC/C=C/c1ccc(CCC(C(=O)OCC)C(=O)OCC)cc1[N+](=O)[O-]. The van der Waals surface area contributed by atoms with Gasteiger partial charge in [-0.25, -0.2) is 0 Å². The summed E-state index contributed by atoms with van der Waals surface area (Å²) >= 11 is 0. The van der Waals surface area contributed by atoms with Gasteiger partial charge < -0.3 is 9.47 Å². The predicted molar refractivity (Wildman–Crippen MR) is 116 cm³/mol. The van der Waals surface area contributed by atoms with Crippen molar-refractivity contribution in [2.75, 3.05) is 13.2 Å². The Morgan fingerprint density at radius 1 is 1.07 bits per heavy atom. The van der Waals surface area contributed by atoms with Crippen molar-refractivity contribution in [2.45, 2.75) is 65.7 Å². The van der Waals surface area contributed by atoms with E-state index in [9.17, 15) is 19.7 Å². The van der Waals surface area contributed by atoms with Crippen molar-refractivity contribution in [3.63, 3.8) is 0 Å². The van der Waals surface area contributed by atoms with Gasteiger partial charge in [-0.15, -0.1) is 0 Å². The predicted octanol–water partition coefficient (Wildman–Crippen LogP) is 5.25. The van der Waals surface area contributed by atoms with Crippen LogP contribution in [0.4, 0.5) is 5.69 Å². The van der Waals surface area contributed by atoms with Gasteiger partial charge in [0.15, 0.2) is 5.92 Å². The number of hydrogen-bond donors (Lipinski definition) is 0. The number of nitrogens with zero attached hydrogens (tertiary/aromatic N) is 1. The molecule has 0 bridgehead atoms. The van der Waals surface area contributed by atoms with Gasteiger partial charge in [0.2, 0.25) is 0 Å². The lowest BCUT2D eigenvalue weighted by Gasteiger charge is -2.14.